The van der Waals surface area contributed by atoms with Crippen molar-refractivity contribution < 1.29 is 40.6 Å². The fourth-order valence-corrected chi connectivity index (χ4v) is 4.40. The Balaban J connectivity index is 1.72. The van der Waals surface area contributed by atoms with E-state index in [0.29, 0.717) is 29.7 Å². The minimum atomic E-state index is -4.75. The molecule has 0 amide bonds. The second kappa shape index (κ2) is 12.2. The Morgan fingerprint density at radius 1 is 0.780 bits per heavy atom. The molecule has 4 aromatic carbocycles. The van der Waals surface area contributed by atoms with E-state index in [2.05, 4.69) is 0 Å². The summed E-state index contributed by atoms with van der Waals surface area (Å²) < 4.78 is 102. The summed E-state index contributed by atoms with van der Waals surface area (Å²) in [5.41, 5.74) is -1.59. The highest BCUT2D eigenvalue weighted by Gasteiger charge is 2.35. The minimum Gasteiger partial charge on any atom is -0.457 e. The lowest BCUT2D eigenvalue weighted by atomic mass is 10.0. The number of aliphatic hydroxyl groups is 1. The Labute approximate surface area is 232 Å². The van der Waals surface area contributed by atoms with E-state index in [9.17, 15) is 35.8 Å². The number of anilines is 1. The van der Waals surface area contributed by atoms with Gasteiger partial charge in [-0.05, 0) is 66.1 Å². The first-order chi connectivity index (χ1) is 19.3. The van der Waals surface area contributed by atoms with Crippen molar-refractivity contribution in [3.63, 3.8) is 0 Å². The summed E-state index contributed by atoms with van der Waals surface area (Å²) >= 11 is 0. The summed E-state index contributed by atoms with van der Waals surface area (Å²) in [6.45, 7) is 1.01. The Kier molecular flexibility index (Phi) is 8.92. The van der Waals surface area contributed by atoms with Gasteiger partial charge in [-0.25, -0.2) is 4.39 Å². The van der Waals surface area contributed by atoms with Crippen molar-refractivity contribution in [2.45, 2.75) is 38.3 Å². The molecule has 216 valence electrons. The van der Waals surface area contributed by atoms with Crippen LogP contribution in [0.3, 0.4) is 0 Å². The van der Waals surface area contributed by atoms with E-state index in [0.717, 1.165) is 24.1 Å². The molecule has 0 aliphatic heterocycles. The van der Waals surface area contributed by atoms with Crippen molar-refractivity contribution >= 4 is 5.69 Å². The van der Waals surface area contributed by atoms with Gasteiger partial charge in [0.2, 0.25) is 0 Å². The lowest BCUT2D eigenvalue weighted by molar-refractivity contribution is -0.139. The van der Waals surface area contributed by atoms with Crippen molar-refractivity contribution in [2.24, 2.45) is 0 Å². The van der Waals surface area contributed by atoms with Gasteiger partial charge in [-0.15, -0.1) is 0 Å². The van der Waals surface area contributed by atoms with E-state index < -0.39 is 54.1 Å². The monoisotopic (exact) mass is 577 g/mol. The molecule has 41 heavy (non-hydrogen) atoms. The molecule has 0 saturated heterocycles. The lowest BCUT2D eigenvalue weighted by Gasteiger charge is -2.29. The van der Waals surface area contributed by atoms with Crippen molar-refractivity contribution in [3.8, 4) is 11.5 Å². The van der Waals surface area contributed by atoms with Crippen LogP contribution in [0.1, 0.15) is 40.8 Å². The molecule has 4 rings (SSSR count). The summed E-state index contributed by atoms with van der Waals surface area (Å²) in [6.07, 6.45) is -10.4. The van der Waals surface area contributed by atoms with Crippen molar-refractivity contribution in [3.05, 3.63) is 125 Å². The fraction of sp³-hybridized carbons (Fsp3) is 0.226. The number of ether oxygens (including phenoxy) is 1. The molecule has 0 spiro atoms. The molecule has 1 atom stereocenters. The summed E-state index contributed by atoms with van der Waals surface area (Å²) in [7, 11) is 0. The zero-order valence-corrected chi connectivity index (χ0v) is 21.8. The smallest absolute Gasteiger partial charge is 0.416 e. The van der Waals surface area contributed by atoms with Crippen molar-refractivity contribution in [2.75, 3.05) is 11.4 Å². The topological polar surface area (TPSA) is 32.7 Å². The van der Waals surface area contributed by atoms with Crippen LogP contribution >= 0.6 is 0 Å². The highest BCUT2D eigenvalue weighted by molar-refractivity contribution is 5.53. The first kappa shape index (κ1) is 29.9. The molecule has 0 aliphatic carbocycles. The lowest BCUT2D eigenvalue weighted by Crippen LogP contribution is -2.29. The first-order valence-electron chi connectivity index (χ1n) is 12.7. The van der Waals surface area contributed by atoms with E-state index in [-0.39, 0.29) is 11.3 Å². The van der Waals surface area contributed by atoms with Crippen LogP contribution in [0.15, 0.2) is 91.0 Å². The summed E-state index contributed by atoms with van der Waals surface area (Å²) in [4.78, 5) is 1.31. The van der Waals surface area contributed by atoms with Crippen LogP contribution < -0.4 is 9.64 Å². The van der Waals surface area contributed by atoms with Crippen LogP contribution in [0.2, 0.25) is 0 Å². The van der Waals surface area contributed by atoms with Gasteiger partial charge in [-0.2, -0.15) is 26.3 Å². The Hall–Kier alpha value is -4.05. The summed E-state index contributed by atoms with van der Waals surface area (Å²) in [5, 5.41) is 10.9. The minimum absolute atomic E-state index is 0.287. The molecule has 1 unspecified atom stereocenters. The first-order valence-corrected chi connectivity index (χ1v) is 12.7. The van der Waals surface area contributed by atoms with Crippen LogP contribution in [0.4, 0.5) is 36.4 Å². The van der Waals surface area contributed by atoms with Gasteiger partial charge in [-0.1, -0.05) is 43.3 Å². The zero-order chi connectivity index (χ0) is 29.8. The molecule has 4 aromatic rings. The van der Waals surface area contributed by atoms with Gasteiger partial charge in [0.1, 0.15) is 17.3 Å². The third-order valence-electron chi connectivity index (χ3n) is 6.48. The standard InChI is InChI=1S/C31H26F7NO2/c1-2-20-7-5-9-24(15-20)41-25-10-6-8-23(17-25)39(18-21-16-22(30(33,34)35)13-14-28(21)32)19-29(40)26-11-3-4-12-27(26)31(36,37)38/h3-17,29,40H,2,18-19H2,1H3. The van der Waals surface area contributed by atoms with E-state index in [1.165, 1.54) is 23.1 Å². The maximum Gasteiger partial charge on any atom is 0.416 e. The van der Waals surface area contributed by atoms with Crippen LogP contribution in [-0.2, 0) is 25.3 Å². The Morgan fingerprint density at radius 3 is 2.15 bits per heavy atom. The van der Waals surface area contributed by atoms with E-state index >= 15 is 0 Å². The number of nitrogens with zero attached hydrogens (tertiary/aromatic N) is 1. The average molecular weight is 578 g/mol. The number of halogens is 7. The normalized spacial score (nSPS) is 12.7. The van der Waals surface area contributed by atoms with Crippen LogP contribution in [0, 0.1) is 5.82 Å². The summed E-state index contributed by atoms with van der Waals surface area (Å²) in [5.74, 6) is -0.0801. The van der Waals surface area contributed by atoms with E-state index in [4.69, 9.17) is 4.74 Å². The number of hydrogen-bond donors (Lipinski definition) is 1. The molecule has 0 saturated carbocycles. The molecule has 0 radical (unpaired) electrons. The molecular formula is C31H26F7NO2. The van der Waals surface area contributed by atoms with Gasteiger partial charge in [0, 0.05) is 30.4 Å². The number of hydrogen-bond acceptors (Lipinski definition) is 3. The zero-order valence-electron chi connectivity index (χ0n) is 21.8. The molecule has 1 N–H and O–H groups in total. The van der Waals surface area contributed by atoms with E-state index in [1.807, 2.05) is 25.1 Å². The van der Waals surface area contributed by atoms with Gasteiger partial charge in [0.25, 0.3) is 0 Å². The fourth-order valence-electron chi connectivity index (χ4n) is 4.40. The number of aryl methyl sites for hydroxylation is 1. The second-order valence-electron chi connectivity index (χ2n) is 9.39. The third kappa shape index (κ3) is 7.58. The van der Waals surface area contributed by atoms with Gasteiger partial charge >= 0.3 is 12.4 Å². The number of benzene rings is 4. The summed E-state index contributed by atoms with van der Waals surface area (Å²) in [6, 6.07) is 20.0. The van der Waals surface area contributed by atoms with E-state index in [1.54, 1.807) is 24.3 Å². The number of rotatable bonds is 9. The molecule has 10 heteroatoms. The maximum absolute atomic E-state index is 14.7. The van der Waals surface area contributed by atoms with Gasteiger partial charge in [-0.3, -0.25) is 0 Å². The van der Waals surface area contributed by atoms with Crippen molar-refractivity contribution in [1.29, 1.82) is 0 Å². The molecule has 0 aromatic heterocycles. The maximum atomic E-state index is 14.7. The molecule has 3 nitrogen and oxygen atoms in total. The molecule has 0 heterocycles. The molecular weight excluding hydrogens is 551 g/mol. The Bertz CT molecular complexity index is 1480. The third-order valence-corrected chi connectivity index (χ3v) is 6.48. The highest BCUT2D eigenvalue weighted by atomic mass is 19.4. The van der Waals surface area contributed by atoms with Crippen molar-refractivity contribution in [1.82, 2.24) is 0 Å². The predicted molar refractivity (Wildman–Crippen MR) is 141 cm³/mol. The largest absolute Gasteiger partial charge is 0.457 e. The van der Waals surface area contributed by atoms with Crippen LogP contribution in [-0.4, -0.2) is 11.7 Å². The second-order valence-corrected chi connectivity index (χ2v) is 9.39. The SMILES string of the molecule is CCc1cccc(Oc2cccc(N(Cc3cc(C(F)(F)F)ccc3F)CC(O)c3ccccc3C(F)(F)F)c2)c1. The van der Waals surface area contributed by atoms with Crippen LogP contribution in [0.25, 0.3) is 0 Å². The average Bonchev–Trinajstić information content (AvgIpc) is 2.93. The molecule has 0 bridgehead atoms. The highest BCUT2D eigenvalue weighted by Crippen LogP contribution is 2.36. The quantitative estimate of drug-likeness (QED) is 0.202. The van der Waals surface area contributed by atoms with Gasteiger partial charge in [0.15, 0.2) is 0 Å². The van der Waals surface area contributed by atoms with Gasteiger partial charge < -0.3 is 14.7 Å². The van der Waals surface area contributed by atoms with Gasteiger partial charge in [0.05, 0.1) is 17.2 Å². The number of alkyl halides is 6. The molecule has 0 fully saturated rings. The number of aliphatic hydroxyl groups excluding tert-OH is 1. The van der Waals surface area contributed by atoms with Crippen LogP contribution in [0.5, 0.6) is 11.5 Å². The Morgan fingerprint density at radius 2 is 1.46 bits per heavy atom. The predicted octanol–water partition coefficient (Wildman–Crippen LogP) is 8.96. The molecule has 0 aliphatic rings.